The summed E-state index contributed by atoms with van der Waals surface area (Å²) in [6.45, 7) is 2.04. The summed E-state index contributed by atoms with van der Waals surface area (Å²) in [4.78, 5) is 3.62. The van der Waals surface area contributed by atoms with Crippen LogP contribution >= 0.6 is 15.9 Å². The molecule has 15 heavy (non-hydrogen) atoms. The van der Waals surface area contributed by atoms with E-state index < -0.39 is 0 Å². The van der Waals surface area contributed by atoms with Gasteiger partial charge in [-0.05, 0) is 28.8 Å². The van der Waals surface area contributed by atoms with Gasteiger partial charge in [-0.2, -0.15) is 0 Å². The second-order valence-corrected chi connectivity index (χ2v) is 5.54. The summed E-state index contributed by atoms with van der Waals surface area (Å²) in [5.41, 5.74) is 4.35. The van der Waals surface area contributed by atoms with Gasteiger partial charge in [-0.25, -0.2) is 0 Å². The highest BCUT2D eigenvalue weighted by Crippen LogP contribution is 2.39. The minimum absolute atomic E-state index is 0.777. The van der Waals surface area contributed by atoms with Crippen LogP contribution in [0.5, 0.6) is 0 Å². The maximum absolute atomic E-state index is 3.77. The van der Waals surface area contributed by atoms with Crippen molar-refractivity contribution < 1.29 is 0 Å². The molecule has 0 unspecified atom stereocenters. The zero-order valence-corrected chi connectivity index (χ0v) is 10.5. The zero-order valence-electron chi connectivity index (χ0n) is 8.91. The van der Waals surface area contributed by atoms with Crippen molar-refractivity contribution in [2.45, 2.75) is 51.1 Å². The average Bonchev–Trinajstić information content (AvgIpc) is 2.83. The number of rotatable bonds is 1. The van der Waals surface area contributed by atoms with Gasteiger partial charge in [0.1, 0.15) is 0 Å². The van der Waals surface area contributed by atoms with Gasteiger partial charge in [0.05, 0.1) is 0 Å². The average molecular weight is 269 g/mol. The largest absolute Gasteiger partial charge is 0.360 e. The molecule has 0 saturated heterocycles. The Kier molecular flexibility index (Phi) is 2.61. The predicted molar refractivity (Wildman–Crippen MR) is 64.9 cm³/mol. The number of hydrogen-bond donors (Lipinski definition) is 2. The molecule has 3 heteroatoms. The molecule has 1 aliphatic carbocycles. The number of aromatic amines is 1. The van der Waals surface area contributed by atoms with Crippen molar-refractivity contribution in [3.05, 3.63) is 21.4 Å². The van der Waals surface area contributed by atoms with Crippen molar-refractivity contribution in [1.82, 2.24) is 10.3 Å². The van der Waals surface area contributed by atoms with Gasteiger partial charge in [-0.15, -0.1) is 0 Å². The summed E-state index contributed by atoms with van der Waals surface area (Å²) in [7, 11) is 0. The maximum atomic E-state index is 3.77. The Morgan fingerprint density at radius 2 is 1.87 bits per heavy atom. The van der Waals surface area contributed by atoms with Gasteiger partial charge >= 0.3 is 0 Å². The topological polar surface area (TPSA) is 27.8 Å². The Bertz CT molecular complexity index is 364. The van der Waals surface area contributed by atoms with Crippen molar-refractivity contribution in [3.63, 3.8) is 0 Å². The van der Waals surface area contributed by atoms with E-state index in [1.807, 2.05) is 0 Å². The third kappa shape index (κ3) is 1.66. The van der Waals surface area contributed by atoms with E-state index in [2.05, 4.69) is 26.2 Å². The van der Waals surface area contributed by atoms with Crippen LogP contribution in [0, 0.1) is 0 Å². The number of hydrogen-bond acceptors (Lipinski definition) is 1. The summed E-state index contributed by atoms with van der Waals surface area (Å²) < 4.78 is 1.36. The molecule has 1 aliphatic heterocycles. The highest BCUT2D eigenvalue weighted by molar-refractivity contribution is 9.10. The summed E-state index contributed by atoms with van der Waals surface area (Å²) >= 11 is 3.77. The first-order chi connectivity index (χ1) is 7.36. The van der Waals surface area contributed by atoms with E-state index in [-0.39, 0.29) is 0 Å². The SMILES string of the molecule is Brc1c(C2CCCCC2)[nH]c2c1CNC2. The Balaban J connectivity index is 1.91. The lowest BCUT2D eigenvalue weighted by molar-refractivity contribution is 0.436. The molecule has 1 saturated carbocycles. The van der Waals surface area contributed by atoms with E-state index in [4.69, 9.17) is 0 Å². The van der Waals surface area contributed by atoms with Crippen LogP contribution in [0.4, 0.5) is 0 Å². The first-order valence-corrected chi connectivity index (χ1v) is 6.75. The zero-order chi connectivity index (χ0) is 10.3. The summed E-state index contributed by atoms with van der Waals surface area (Å²) in [5.74, 6) is 0.777. The molecular weight excluding hydrogens is 252 g/mol. The number of fused-ring (bicyclic) bond motifs is 1. The van der Waals surface area contributed by atoms with Crippen molar-refractivity contribution in [2.24, 2.45) is 0 Å². The number of aromatic nitrogens is 1. The van der Waals surface area contributed by atoms with Gasteiger partial charge in [0.25, 0.3) is 0 Å². The smallest absolute Gasteiger partial charge is 0.0433 e. The molecule has 0 amide bonds. The second kappa shape index (κ2) is 3.95. The molecule has 1 aromatic rings. The minimum Gasteiger partial charge on any atom is -0.360 e. The Hall–Kier alpha value is -0.280. The second-order valence-electron chi connectivity index (χ2n) is 4.75. The first-order valence-electron chi connectivity index (χ1n) is 5.96. The van der Waals surface area contributed by atoms with Crippen LogP contribution in [0.25, 0.3) is 0 Å². The molecule has 0 radical (unpaired) electrons. The van der Waals surface area contributed by atoms with E-state index in [9.17, 15) is 0 Å². The fraction of sp³-hybridized carbons (Fsp3) is 0.667. The van der Waals surface area contributed by atoms with Crippen molar-refractivity contribution in [2.75, 3.05) is 0 Å². The monoisotopic (exact) mass is 268 g/mol. The van der Waals surface area contributed by atoms with Gasteiger partial charge in [-0.1, -0.05) is 19.3 Å². The van der Waals surface area contributed by atoms with E-state index >= 15 is 0 Å². The van der Waals surface area contributed by atoms with Crippen molar-refractivity contribution in [3.8, 4) is 0 Å². The Morgan fingerprint density at radius 3 is 2.60 bits per heavy atom. The number of halogens is 1. The molecule has 1 aromatic heterocycles. The molecule has 3 rings (SSSR count). The van der Waals surface area contributed by atoms with Crippen LogP contribution in [0.15, 0.2) is 4.47 Å². The molecule has 0 aromatic carbocycles. The third-order valence-corrected chi connectivity index (χ3v) is 4.67. The lowest BCUT2D eigenvalue weighted by Gasteiger charge is -2.21. The fourth-order valence-electron chi connectivity index (χ4n) is 2.91. The standard InChI is InChI=1S/C12H17BrN2/c13-11-9-6-14-7-10(9)15-12(11)8-4-2-1-3-5-8/h8,14-15H,1-7H2. The Morgan fingerprint density at radius 1 is 1.07 bits per heavy atom. The van der Waals surface area contributed by atoms with E-state index in [0.29, 0.717) is 0 Å². The fourth-order valence-corrected chi connectivity index (χ4v) is 3.71. The highest BCUT2D eigenvalue weighted by Gasteiger charge is 2.25. The van der Waals surface area contributed by atoms with Gasteiger partial charge in [-0.3, -0.25) is 0 Å². The molecule has 1 fully saturated rings. The maximum Gasteiger partial charge on any atom is 0.0433 e. The van der Waals surface area contributed by atoms with Crippen molar-refractivity contribution in [1.29, 1.82) is 0 Å². The third-order valence-electron chi connectivity index (χ3n) is 3.77. The lowest BCUT2D eigenvalue weighted by Crippen LogP contribution is -2.08. The summed E-state index contributed by atoms with van der Waals surface area (Å²) in [6, 6.07) is 0. The van der Waals surface area contributed by atoms with Gasteiger partial charge in [0.2, 0.25) is 0 Å². The molecule has 2 aliphatic rings. The molecule has 0 atom stereocenters. The molecule has 2 heterocycles. The molecule has 0 bridgehead atoms. The molecule has 0 spiro atoms. The van der Waals surface area contributed by atoms with Crippen molar-refractivity contribution >= 4 is 15.9 Å². The van der Waals surface area contributed by atoms with E-state index in [1.165, 1.54) is 53.5 Å². The van der Waals surface area contributed by atoms with Crippen LogP contribution in [0.2, 0.25) is 0 Å². The van der Waals surface area contributed by atoms with Gasteiger partial charge in [0.15, 0.2) is 0 Å². The van der Waals surface area contributed by atoms with E-state index in [0.717, 1.165) is 19.0 Å². The number of H-pyrrole nitrogens is 1. The highest BCUT2D eigenvalue weighted by atomic mass is 79.9. The lowest BCUT2D eigenvalue weighted by atomic mass is 9.87. The van der Waals surface area contributed by atoms with Crippen LogP contribution < -0.4 is 5.32 Å². The predicted octanol–water partition coefficient (Wildman–Crippen LogP) is 3.43. The van der Waals surface area contributed by atoms with Crippen LogP contribution in [-0.4, -0.2) is 4.98 Å². The quantitative estimate of drug-likeness (QED) is 0.803. The van der Waals surface area contributed by atoms with E-state index in [1.54, 1.807) is 0 Å². The molecule has 2 nitrogen and oxygen atoms in total. The molecule has 82 valence electrons. The molecular formula is C12H17BrN2. The molecule has 2 N–H and O–H groups in total. The summed E-state index contributed by atoms with van der Waals surface area (Å²) in [5, 5.41) is 3.38. The first kappa shape index (κ1) is 9.91. The Labute approximate surface area is 99.0 Å². The summed E-state index contributed by atoms with van der Waals surface area (Å²) in [6.07, 6.45) is 6.96. The minimum atomic E-state index is 0.777. The van der Waals surface area contributed by atoms with Crippen LogP contribution in [0.3, 0.4) is 0 Å². The van der Waals surface area contributed by atoms with Gasteiger partial charge < -0.3 is 10.3 Å². The number of nitrogens with one attached hydrogen (secondary N) is 2. The normalized spacial score (nSPS) is 21.9. The van der Waals surface area contributed by atoms with Crippen LogP contribution in [-0.2, 0) is 13.1 Å². The van der Waals surface area contributed by atoms with Crippen LogP contribution in [0.1, 0.15) is 55.0 Å². The van der Waals surface area contributed by atoms with Gasteiger partial charge in [0, 0.05) is 40.4 Å².